The highest BCUT2D eigenvalue weighted by Gasteiger charge is 2.53. The number of imide groups is 1. The molecule has 1 rings (SSSR count). The normalized spacial score (nSPS) is 17.5. The van der Waals surface area contributed by atoms with Gasteiger partial charge < -0.3 is 19.3 Å². The lowest BCUT2D eigenvalue weighted by molar-refractivity contribution is -0.262. The fraction of sp³-hybridized carbons (Fsp3) is 0.744. The van der Waals surface area contributed by atoms with Gasteiger partial charge in [0.05, 0.1) is 16.7 Å². The number of halogens is 3. The van der Waals surface area contributed by atoms with Crippen molar-refractivity contribution in [2.45, 2.75) is 179 Å². The third kappa shape index (κ3) is 13.3. The largest absolute Gasteiger partial charge is 0.462 e. The molecule has 6 unspecified atom stereocenters. The number of carbonyl (C=O) groups excluding carboxylic acids is 5. The number of hydrogen-bond acceptors (Lipinski definition) is 9. The minimum atomic E-state index is -4.98. The first-order valence-corrected chi connectivity index (χ1v) is 19.5. The van der Waals surface area contributed by atoms with Crippen molar-refractivity contribution in [3.8, 4) is 0 Å². The van der Waals surface area contributed by atoms with E-state index in [9.17, 15) is 42.3 Å². The second kappa shape index (κ2) is 18.9. The number of carbonyl (C=O) groups is 5. The van der Waals surface area contributed by atoms with Gasteiger partial charge in [0.1, 0.15) is 11.7 Å². The Hall–Kier alpha value is -3.48. The molecule has 0 radical (unpaired) electrons. The molecule has 0 bridgehead atoms. The Balaban J connectivity index is 3.65. The molecule has 0 aliphatic carbocycles. The number of nitrogens with zero attached hydrogens (tertiary/aromatic N) is 1. The van der Waals surface area contributed by atoms with Gasteiger partial charge in [0, 0.05) is 23.4 Å². The minimum Gasteiger partial charge on any atom is -0.462 e. The Bertz CT molecular complexity index is 1530. The van der Waals surface area contributed by atoms with Crippen LogP contribution in [0.2, 0.25) is 0 Å². The number of hydrogen-bond donors (Lipinski definition) is 1. The van der Waals surface area contributed by atoms with Crippen molar-refractivity contribution in [3.63, 3.8) is 0 Å². The van der Waals surface area contributed by atoms with Crippen LogP contribution in [-0.4, -0.2) is 75.4 Å². The van der Waals surface area contributed by atoms with Crippen molar-refractivity contribution in [3.05, 3.63) is 35.4 Å². The molecule has 0 heterocycles. The predicted octanol–water partition coefficient (Wildman–Crippen LogP) is 9.17. The molecule has 1 aromatic rings. The maximum absolute atomic E-state index is 14.4. The summed E-state index contributed by atoms with van der Waals surface area (Å²) >= 11 is 0. The predicted molar refractivity (Wildman–Crippen MR) is 208 cm³/mol. The van der Waals surface area contributed by atoms with E-state index in [4.69, 9.17) is 14.2 Å². The Labute approximate surface area is 332 Å². The summed E-state index contributed by atoms with van der Waals surface area (Å²) in [5, 5.41) is 10.3. The lowest BCUT2D eigenvalue weighted by Crippen LogP contribution is -2.49. The van der Waals surface area contributed by atoms with E-state index in [0.29, 0.717) is 6.92 Å². The van der Waals surface area contributed by atoms with Crippen molar-refractivity contribution in [2.75, 3.05) is 0 Å². The molecule has 0 aromatic heterocycles. The van der Waals surface area contributed by atoms with Gasteiger partial charge in [-0.2, -0.15) is 13.2 Å². The molecular formula is C43H68F3NO9. The summed E-state index contributed by atoms with van der Waals surface area (Å²) in [4.78, 5) is 70.4. The number of esters is 3. The van der Waals surface area contributed by atoms with Crippen molar-refractivity contribution in [2.24, 2.45) is 28.1 Å². The van der Waals surface area contributed by atoms with E-state index in [2.05, 4.69) is 0 Å². The fourth-order valence-electron chi connectivity index (χ4n) is 6.22. The van der Waals surface area contributed by atoms with E-state index in [1.807, 2.05) is 27.7 Å². The lowest BCUT2D eigenvalue weighted by Gasteiger charge is -2.41. The first kappa shape index (κ1) is 50.5. The van der Waals surface area contributed by atoms with Crippen LogP contribution in [-0.2, 0) is 33.4 Å². The molecule has 1 N–H and O–H groups in total. The van der Waals surface area contributed by atoms with E-state index in [0.717, 1.165) is 10.5 Å². The van der Waals surface area contributed by atoms with Crippen LogP contribution >= 0.6 is 0 Å². The maximum Gasteiger partial charge on any atom is 0.417 e. The summed E-state index contributed by atoms with van der Waals surface area (Å²) in [6.07, 6.45) is -9.09. The highest BCUT2D eigenvalue weighted by molar-refractivity contribution is 6.06. The van der Waals surface area contributed by atoms with Gasteiger partial charge in [0.2, 0.25) is 0 Å². The minimum absolute atomic E-state index is 0.0246. The zero-order valence-corrected chi connectivity index (χ0v) is 36.5. The quantitative estimate of drug-likeness (QED) is 0.114. The monoisotopic (exact) mass is 799 g/mol. The molecule has 0 saturated carbocycles. The van der Waals surface area contributed by atoms with Gasteiger partial charge in [-0.3, -0.25) is 28.9 Å². The average molecular weight is 800 g/mol. The summed E-state index contributed by atoms with van der Waals surface area (Å²) in [5.41, 5.74) is -6.51. The number of alkyl halides is 3. The number of aliphatic hydroxyl groups is 1. The van der Waals surface area contributed by atoms with Gasteiger partial charge in [-0.05, 0) is 106 Å². The summed E-state index contributed by atoms with van der Waals surface area (Å²) in [6, 6.07) is 6.05. The van der Waals surface area contributed by atoms with Gasteiger partial charge in [0.25, 0.3) is 11.8 Å². The Morgan fingerprint density at radius 3 is 1.70 bits per heavy atom. The molecule has 2 amide bonds. The zero-order chi connectivity index (χ0) is 44.0. The third-order valence-electron chi connectivity index (χ3n) is 11.0. The second-order valence-corrected chi connectivity index (χ2v) is 18.6. The van der Waals surface area contributed by atoms with Crippen LogP contribution < -0.4 is 0 Å². The topological polar surface area (TPSA) is 137 Å². The zero-order valence-electron chi connectivity index (χ0n) is 36.5. The van der Waals surface area contributed by atoms with E-state index < -0.39 is 93.9 Å². The average Bonchev–Trinajstić information content (AvgIpc) is 3.02. The van der Waals surface area contributed by atoms with E-state index in [1.165, 1.54) is 20.8 Å². The fourth-order valence-corrected chi connectivity index (χ4v) is 6.22. The molecule has 1 aromatic carbocycles. The molecule has 13 heteroatoms. The van der Waals surface area contributed by atoms with E-state index in [1.54, 1.807) is 79.7 Å². The van der Waals surface area contributed by atoms with Crippen LogP contribution in [0.5, 0.6) is 0 Å². The van der Waals surface area contributed by atoms with Crippen molar-refractivity contribution in [1.29, 1.82) is 0 Å². The Morgan fingerprint density at radius 2 is 1.27 bits per heavy atom. The number of aryl methyl sites for hydroxylation is 1. The van der Waals surface area contributed by atoms with Crippen molar-refractivity contribution >= 4 is 29.7 Å². The van der Waals surface area contributed by atoms with Crippen LogP contribution in [0.15, 0.2) is 24.3 Å². The number of amides is 2. The van der Waals surface area contributed by atoms with E-state index >= 15 is 0 Å². The number of benzene rings is 1. The molecule has 0 saturated heterocycles. The summed E-state index contributed by atoms with van der Waals surface area (Å²) < 4.78 is 58.6. The Kier molecular flexibility index (Phi) is 17.0. The molecule has 10 nitrogen and oxygen atoms in total. The summed E-state index contributed by atoms with van der Waals surface area (Å²) in [5.74, 6) is -4.95. The van der Waals surface area contributed by atoms with Gasteiger partial charge in [-0.25, -0.2) is 0 Å². The third-order valence-corrected chi connectivity index (χ3v) is 11.0. The molecule has 0 fully saturated rings. The van der Waals surface area contributed by atoms with Gasteiger partial charge >= 0.3 is 24.1 Å². The molecule has 0 aliphatic rings. The maximum atomic E-state index is 14.4. The molecule has 56 heavy (non-hydrogen) atoms. The smallest absolute Gasteiger partial charge is 0.417 e. The van der Waals surface area contributed by atoms with Crippen molar-refractivity contribution in [1.82, 2.24) is 4.90 Å². The SMILES string of the molecule is CCC(C)(CC(C)(CC(C)C(=O)OC(C)(C)C(C)(C)C)C(=O)OC(C)C(=O)N(C(=O)c1ccc(C)cc1)C(C)C)C(=O)OC(CC(C)C)CC(C)(O)C(F)(F)F. The van der Waals surface area contributed by atoms with Crippen LogP contribution in [0.1, 0.15) is 152 Å². The number of ether oxygens (including phenoxy) is 3. The van der Waals surface area contributed by atoms with E-state index in [-0.39, 0.29) is 37.2 Å². The highest BCUT2D eigenvalue weighted by atomic mass is 19.4. The Morgan fingerprint density at radius 1 is 0.768 bits per heavy atom. The van der Waals surface area contributed by atoms with Crippen molar-refractivity contribution < 1.29 is 56.5 Å². The molecule has 0 aliphatic heterocycles. The van der Waals surface area contributed by atoms with Crippen LogP contribution in [0.4, 0.5) is 13.2 Å². The molecule has 0 spiro atoms. The van der Waals surface area contributed by atoms with Crippen LogP contribution in [0.3, 0.4) is 0 Å². The summed E-state index contributed by atoms with van der Waals surface area (Å²) in [7, 11) is 0. The number of rotatable bonds is 18. The van der Waals surface area contributed by atoms with Crippen LogP contribution in [0.25, 0.3) is 0 Å². The summed E-state index contributed by atoms with van der Waals surface area (Å²) in [6.45, 7) is 26.1. The van der Waals surface area contributed by atoms with Gasteiger partial charge in [-0.15, -0.1) is 0 Å². The van der Waals surface area contributed by atoms with Gasteiger partial charge in [0.15, 0.2) is 11.7 Å². The molecule has 6 atom stereocenters. The lowest BCUT2D eigenvalue weighted by atomic mass is 9.68. The highest BCUT2D eigenvalue weighted by Crippen LogP contribution is 2.45. The molecule has 320 valence electrons. The first-order chi connectivity index (χ1) is 25.1. The standard InChI is InChI=1S/C43H68F3NO9/c1-17-40(14,36(51)55-32(22-26(2)3)24-42(16,53)43(44,45)46)25-41(15,23-29(7)35(50)56-39(12,13)38(9,10)11)37(52)54-30(8)33(48)47(27(4)5)34(49)31-20-18-28(6)19-21-31/h18-21,26-27,29-30,32,53H,17,22-25H2,1-16H3. The van der Waals surface area contributed by atoms with Crippen LogP contribution in [0, 0.1) is 35.0 Å². The first-order valence-electron chi connectivity index (χ1n) is 19.5. The second-order valence-electron chi connectivity index (χ2n) is 18.6. The molecular weight excluding hydrogens is 731 g/mol. The van der Waals surface area contributed by atoms with Gasteiger partial charge in [-0.1, -0.05) is 66.2 Å².